The van der Waals surface area contributed by atoms with Gasteiger partial charge in [0, 0.05) is 29.1 Å². The molecule has 3 aromatic rings. The number of hydrogen-bond acceptors (Lipinski definition) is 3. The van der Waals surface area contributed by atoms with Crippen LogP contribution in [0.15, 0.2) is 71.3 Å². The monoisotopic (exact) mass is 369 g/mol. The SMILES string of the molecule is O=C(NCCCc1ccco1)c1cccc(OCc2ccccc2Cl)c1. The molecule has 0 spiro atoms. The summed E-state index contributed by atoms with van der Waals surface area (Å²) in [6.45, 7) is 0.943. The lowest BCUT2D eigenvalue weighted by Crippen LogP contribution is -2.24. The van der Waals surface area contributed by atoms with Crippen LogP contribution in [0, 0.1) is 0 Å². The van der Waals surface area contributed by atoms with Crippen molar-refractivity contribution >= 4 is 17.5 Å². The Morgan fingerprint density at radius 1 is 1.08 bits per heavy atom. The van der Waals surface area contributed by atoms with Gasteiger partial charge in [-0.2, -0.15) is 0 Å². The van der Waals surface area contributed by atoms with E-state index in [1.807, 2.05) is 42.5 Å². The maximum Gasteiger partial charge on any atom is 0.251 e. The van der Waals surface area contributed by atoms with E-state index in [1.165, 1.54) is 0 Å². The van der Waals surface area contributed by atoms with Crippen LogP contribution in [0.25, 0.3) is 0 Å². The number of halogens is 1. The summed E-state index contributed by atoms with van der Waals surface area (Å²) in [5.74, 6) is 1.44. The highest BCUT2D eigenvalue weighted by molar-refractivity contribution is 6.31. The van der Waals surface area contributed by atoms with Crippen LogP contribution in [0.2, 0.25) is 5.02 Å². The third-order valence-electron chi connectivity index (χ3n) is 3.91. The van der Waals surface area contributed by atoms with Gasteiger partial charge in [0.2, 0.25) is 0 Å². The van der Waals surface area contributed by atoms with Gasteiger partial charge in [0.25, 0.3) is 5.91 Å². The van der Waals surface area contributed by atoms with E-state index < -0.39 is 0 Å². The molecule has 0 radical (unpaired) electrons. The molecular formula is C21H20ClNO3. The average Bonchev–Trinajstić information content (AvgIpc) is 3.18. The highest BCUT2D eigenvalue weighted by atomic mass is 35.5. The molecule has 0 saturated heterocycles. The fraction of sp³-hybridized carbons (Fsp3) is 0.190. The number of nitrogens with one attached hydrogen (secondary N) is 1. The Hall–Kier alpha value is -2.72. The van der Waals surface area contributed by atoms with E-state index in [4.69, 9.17) is 20.8 Å². The number of rotatable bonds is 8. The van der Waals surface area contributed by atoms with E-state index >= 15 is 0 Å². The minimum atomic E-state index is -0.118. The Morgan fingerprint density at radius 3 is 2.77 bits per heavy atom. The Balaban J connectivity index is 1.49. The molecule has 0 saturated carbocycles. The highest BCUT2D eigenvalue weighted by Gasteiger charge is 2.07. The summed E-state index contributed by atoms with van der Waals surface area (Å²) in [5, 5.41) is 3.58. The lowest BCUT2D eigenvalue weighted by atomic mass is 10.2. The number of furan rings is 1. The molecule has 0 atom stereocenters. The van der Waals surface area contributed by atoms with E-state index in [0.29, 0.717) is 29.5 Å². The minimum Gasteiger partial charge on any atom is -0.489 e. The normalized spacial score (nSPS) is 10.5. The molecule has 1 amide bonds. The molecule has 1 heterocycles. The van der Waals surface area contributed by atoms with Crippen LogP contribution in [0.4, 0.5) is 0 Å². The van der Waals surface area contributed by atoms with Gasteiger partial charge in [-0.15, -0.1) is 0 Å². The van der Waals surface area contributed by atoms with Gasteiger partial charge in [0.15, 0.2) is 0 Å². The molecule has 1 aromatic heterocycles. The zero-order valence-corrected chi connectivity index (χ0v) is 15.0. The Bertz CT molecular complexity index is 846. The number of hydrogen-bond donors (Lipinski definition) is 1. The molecule has 4 nitrogen and oxygen atoms in total. The molecule has 0 unspecified atom stereocenters. The Morgan fingerprint density at radius 2 is 1.96 bits per heavy atom. The number of carbonyl (C=O) groups is 1. The zero-order valence-electron chi connectivity index (χ0n) is 14.3. The van der Waals surface area contributed by atoms with Crippen LogP contribution in [-0.2, 0) is 13.0 Å². The summed E-state index contributed by atoms with van der Waals surface area (Å²) in [7, 11) is 0. The van der Waals surface area contributed by atoms with Gasteiger partial charge in [0.1, 0.15) is 18.1 Å². The van der Waals surface area contributed by atoms with Gasteiger partial charge in [0.05, 0.1) is 6.26 Å². The van der Waals surface area contributed by atoms with Crippen molar-refractivity contribution in [2.24, 2.45) is 0 Å². The van der Waals surface area contributed by atoms with Crippen molar-refractivity contribution in [1.29, 1.82) is 0 Å². The summed E-state index contributed by atoms with van der Waals surface area (Å²) in [5.41, 5.74) is 1.47. The van der Waals surface area contributed by atoms with Crippen LogP contribution < -0.4 is 10.1 Å². The van der Waals surface area contributed by atoms with Crippen LogP contribution in [0.1, 0.15) is 28.1 Å². The molecule has 0 fully saturated rings. The summed E-state index contributed by atoms with van der Waals surface area (Å²) < 4.78 is 11.0. The van der Waals surface area contributed by atoms with Crippen molar-refractivity contribution in [3.05, 3.63) is 88.8 Å². The average molecular weight is 370 g/mol. The standard InChI is InChI=1S/C21H20ClNO3/c22-20-11-2-1-6-17(20)15-26-19-8-3-7-16(14-19)21(24)23-12-4-9-18-10-5-13-25-18/h1-3,5-8,10-11,13-14H,4,9,12,15H2,(H,23,24). The molecule has 3 rings (SSSR count). The fourth-order valence-electron chi connectivity index (χ4n) is 2.53. The van der Waals surface area contributed by atoms with Crippen LogP contribution in [-0.4, -0.2) is 12.5 Å². The van der Waals surface area contributed by atoms with Gasteiger partial charge in [-0.25, -0.2) is 0 Å². The minimum absolute atomic E-state index is 0.118. The van der Waals surface area contributed by atoms with E-state index in [0.717, 1.165) is 24.2 Å². The number of benzene rings is 2. The molecule has 0 bridgehead atoms. The van der Waals surface area contributed by atoms with Crippen LogP contribution in [0.5, 0.6) is 5.75 Å². The van der Waals surface area contributed by atoms with Gasteiger partial charge in [-0.1, -0.05) is 35.9 Å². The first kappa shape index (κ1) is 18.1. The lowest BCUT2D eigenvalue weighted by molar-refractivity contribution is 0.0952. The summed E-state index contributed by atoms with van der Waals surface area (Å²) >= 11 is 6.13. The highest BCUT2D eigenvalue weighted by Crippen LogP contribution is 2.19. The van der Waals surface area contributed by atoms with Gasteiger partial charge >= 0.3 is 0 Å². The first-order valence-electron chi connectivity index (χ1n) is 8.49. The van der Waals surface area contributed by atoms with Gasteiger partial charge < -0.3 is 14.5 Å². The molecular weight excluding hydrogens is 350 g/mol. The Kier molecular flexibility index (Phi) is 6.34. The van der Waals surface area contributed by atoms with Crippen LogP contribution in [0.3, 0.4) is 0 Å². The molecule has 0 aliphatic heterocycles. The predicted molar refractivity (Wildman–Crippen MR) is 102 cm³/mol. The number of ether oxygens (including phenoxy) is 1. The lowest BCUT2D eigenvalue weighted by Gasteiger charge is -2.09. The molecule has 0 aliphatic rings. The number of carbonyl (C=O) groups excluding carboxylic acids is 1. The molecule has 26 heavy (non-hydrogen) atoms. The molecule has 5 heteroatoms. The number of aryl methyl sites for hydroxylation is 1. The molecule has 0 aliphatic carbocycles. The van der Waals surface area contributed by atoms with Crippen LogP contribution >= 0.6 is 11.6 Å². The maximum absolute atomic E-state index is 12.3. The van der Waals surface area contributed by atoms with Crippen molar-refractivity contribution in [1.82, 2.24) is 5.32 Å². The second kappa shape index (κ2) is 9.11. The van der Waals surface area contributed by atoms with Gasteiger partial charge in [-0.3, -0.25) is 4.79 Å². The zero-order chi connectivity index (χ0) is 18.2. The van der Waals surface area contributed by atoms with E-state index in [1.54, 1.807) is 24.5 Å². The van der Waals surface area contributed by atoms with Crippen molar-refractivity contribution in [3.8, 4) is 5.75 Å². The first-order valence-corrected chi connectivity index (χ1v) is 8.87. The quantitative estimate of drug-likeness (QED) is 0.576. The topological polar surface area (TPSA) is 51.5 Å². The van der Waals surface area contributed by atoms with Crippen molar-refractivity contribution in [2.75, 3.05) is 6.54 Å². The third kappa shape index (κ3) is 5.14. The summed E-state index contributed by atoms with van der Waals surface area (Å²) in [6, 6.07) is 18.5. The molecule has 2 aromatic carbocycles. The second-order valence-electron chi connectivity index (χ2n) is 5.85. The summed E-state index contributed by atoms with van der Waals surface area (Å²) in [6.07, 6.45) is 3.28. The maximum atomic E-state index is 12.3. The molecule has 134 valence electrons. The van der Waals surface area contributed by atoms with E-state index in [-0.39, 0.29) is 5.91 Å². The predicted octanol–water partition coefficient (Wildman–Crippen LogP) is 4.87. The first-order chi connectivity index (χ1) is 12.7. The van der Waals surface area contributed by atoms with E-state index in [9.17, 15) is 4.79 Å². The van der Waals surface area contributed by atoms with E-state index in [2.05, 4.69) is 5.32 Å². The van der Waals surface area contributed by atoms with Crippen molar-refractivity contribution < 1.29 is 13.9 Å². The summed E-state index contributed by atoms with van der Waals surface area (Å²) in [4.78, 5) is 12.3. The molecule has 1 N–H and O–H groups in total. The Labute approximate surface area is 157 Å². The largest absolute Gasteiger partial charge is 0.489 e. The van der Waals surface area contributed by atoms with Crippen molar-refractivity contribution in [3.63, 3.8) is 0 Å². The second-order valence-corrected chi connectivity index (χ2v) is 6.25. The smallest absolute Gasteiger partial charge is 0.251 e. The van der Waals surface area contributed by atoms with Crippen molar-refractivity contribution in [2.45, 2.75) is 19.4 Å². The number of amides is 1. The van der Waals surface area contributed by atoms with Gasteiger partial charge in [-0.05, 0) is 42.8 Å². The fourth-order valence-corrected chi connectivity index (χ4v) is 2.72. The third-order valence-corrected chi connectivity index (χ3v) is 4.28.